The summed E-state index contributed by atoms with van der Waals surface area (Å²) in [6.45, 7) is 1.74. The summed E-state index contributed by atoms with van der Waals surface area (Å²) >= 11 is 1.18. The molecule has 0 saturated carbocycles. The Balaban J connectivity index is 2.54. The molecular weight excluding hydrogens is 244 g/mol. The highest BCUT2D eigenvalue weighted by Crippen LogP contribution is 2.13. The smallest absolute Gasteiger partial charge is 0.327 e. The average molecular weight is 254 g/mol. The lowest BCUT2D eigenvalue weighted by Gasteiger charge is -2.11. The van der Waals surface area contributed by atoms with E-state index in [9.17, 15) is 9.59 Å². The Morgan fingerprint density at radius 1 is 1.59 bits per heavy atom. The van der Waals surface area contributed by atoms with Gasteiger partial charge in [0, 0.05) is 6.42 Å². The van der Waals surface area contributed by atoms with Gasteiger partial charge in [-0.15, -0.1) is 22.5 Å². The van der Waals surface area contributed by atoms with Gasteiger partial charge < -0.3 is 10.4 Å². The zero-order valence-electron chi connectivity index (χ0n) is 8.93. The van der Waals surface area contributed by atoms with Crippen molar-refractivity contribution in [1.29, 1.82) is 0 Å². The first-order valence-electron chi connectivity index (χ1n) is 4.57. The quantitative estimate of drug-likeness (QED) is 0.676. The van der Waals surface area contributed by atoms with E-state index in [1.54, 1.807) is 6.92 Å². The molecule has 7 nitrogen and oxygen atoms in total. The van der Waals surface area contributed by atoms with E-state index in [0.29, 0.717) is 10.1 Å². The number of nitrogens with one attached hydrogen (secondary N) is 2. The molecular formula is C9H10N4O3S. The summed E-state index contributed by atoms with van der Waals surface area (Å²) in [6.07, 6.45) is 4.91. The van der Waals surface area contributed by atoms with Gasteiger partial charge in [-0.05, 0) is 6.92 Å². The van der Waals surface area contributed by atoms with Crippen LogP contribution in [0, 0.1) is 19.3 Å². The highest BCUT2D eigenvalue weighted by atomic mass is 32.1. The van der Waals surface area contributed by atoms with Crippen LogP contribution in [0.4, 0.5) is 9.93 Å². The van der Waals surface area contributed by atoms with Gasteiger partial charge in [0.25, 0.3) is 0 Å². The zero-order chi connectivity index (χ0) is 12.8. The zero-order valence-corrected chi connectivity index (χ0v) is 9.74. The fourth-order valence-corrected chi connectivity index (χ4v) is 1.54. The normalized spacial score (nSPS) is 11.3. The SMILES string of the molecule is C#CCC(NC(=O)Nc1nnc(C)s1)C(=O)O. The third-order valence-corrected chi connectivity index (χ3v) is 2.43. The van der Waals surface area contributed by atoms with Crippen LogP contribution < -0.4 is 10.6 Å². The number of rotatable bonds is 4. The topological polar surface area (TPSA) is 104 Å². The Hall–Kier alpha value is -2.14. The lowest BCUT2D eigenvalue weighted by molar-refractivity contribution is -0.139. The highest BCUT2D eigenvalue weighted by Gasteiger charge is 2.19. The Kier molecular flexibility index (Phi) is 4.42. The number of urea groups is 1. The van der Waals surface area contributed by atoms with Crippen LogP contribution in [-0.4, -0.2) is 33.3 Å². The van der Waals surface area contributed by atoms with Gasteiger partial charge >= 0.3 is 12.0 Å². The molecule has 0 radical (unpaired) electrons. The van der Waals surface area contributed by atoms with Crippen molar-refractivity contribution in [2.24, 2.45) is 0 Å². The van der Waals surface area contributed by atoms with E-state index in [1.807, 2.05) is 0 Å². The lowest BCUT2D eigenvalue weighted by Crippen LogP contribution is -2.42. The highest BCUT2D eigenvalue weighted by molar-refractivity contribution is 7.15. The predicted molar refractivity (Wildman–Crippen MR) is 61.7 cm³/mol. The summed E-state index contributed by atoms with van der Waals surface area (Å²) in [4.78, 5) is 22.1. The van der Waals surface area contributed by atoms with Crippen molar-refractivity contribution in [3.05, 3.63) is 5.01 Å². The fraction of sp³-hybridized carbons (Fsp3) is 0.333. The Labute approximate surface area is 101 Å². The third-order valence-electron chi connectivity index (χ3n) is 1.67. The average Bonchev–Trinajstić information content (AvgIpc) is 2.63. The number of carboxylic acid groups (broad SMARTS) is 1. The fourth-order valence-electron chi connectivity index (χ4n) is 0.956. The number of aliphatic carboxylic acids is 1. The predicted octanol–water partition coefficient (Wildman–Crippen LogP) is 0.445. The molecule has 17 heavy (non-hydrogen) atoms. The Bertz CT molecular complexity index is 465. The van der Waals surface area contributed by atoms with Gasteiger partial charge in [0.15, 0.2) is 0 Å². The van der Waals surface area contributed by atoms with E-state index in [4.69, 9.17) is 11.5 Å². The van der Waals surface area contributed by atoms with Crippen LogP contribution in [-0.2, 0) is 4.79 Å². The molecule has 0 spiro atoms. The van der Waals surface area contributed by atoms with Crippen molar-refractivity contribution in [1.82, 2.24) is 15.5 Å². The van der Waals surface area contributed by atoms with Crippen LogP contribution in [0.2, 0.25) is 0 Å². The van der Waals surface area contributed by atoms with Gasteiger partial charge in [-0.25, -0.2) is 9.59 Å². The van der Waals surface area contributed by atoms with E-state index in [0.717, 1.165) is 0 Å². The second kappa shape index (κ2) is 5.81. The summed E-state index contributed by atoms with van der Waals surface area (Å²) in [7, 11) is 0. The molecule has 1 rings (SSSR count). The molecule has 8 heteroatoms. The second-order valence-electron chi connectivity index (χ2n) is 3.02. The maximum atomic E-state index is 11.4. The van der Waals surface area contributed by atoms with E-state index in [-0.39, 0.29) is 6.42 Å². The first-order chi connectivity index (χ1) is 8.02. The summed E-state index contributed by atoms with van der Waals surface area (Å²) in [5, 5.41) is 21.7. The molecule has 2 amide bonds. The van der Waals surface area contributed by atoms with Crippen molar-refractivity contribution in [2.75, 3.05) is 5.32 Å². The largest absolute Gasteiger partial charge is 0.480 e. The molecule has 0 aliphatic carbocycles. The molecule has 90 valence electrons. The molecule has 0 aliphatic rings. The van der Waals surface area contributed by atoms with Crippen LogP contribution in [0.5, 0.6) is 0 Å². The molecule has 1 aromatic heterocycles. The molecule has 0 bridgehead atoms. The molecule has 0 aliphatic heterocycles. The first-order valence-corrected chi connectivity index (χ1v) is 5.38. The van der Waals surface area contributed by atoms with E-state index in [2.05, 4.69) is 26.8 Å². The summed E-state index contributed by atoms with van der Waals surface area (Å²) in [5.74, 6) is 0.985. The lowest BCUT2D eigenvalue weighted by atomic mass is 10.2. The number of hydrogen-bond acceptors (Lipinski definition) is 5. The number of terminal acetylenes is 1. The maximum absolute atomic E-state index is 11.4. The Morgan fingerprint density at radius 2 is 2.29 bits per heavy atom. The number of nitrogens with zero attached hydrogens (tertiary/aromatic N) is 2. The monoisotopic (exact) mass is 254 g/mol. The molecule has 1 atom stereocenters. The number of amides is 2. The van der Waals surface area contributed by atoms with Crippen LogP contribution >= 0.6 is 11.3 Å². The van der Waals surface area contributed by atoms with Crippen molar-refractivity contribution >= 4 is 28.5 Å². The molecule has 1 aromatic rings. The van der Waals surface area contributed by atoms with E-state index >= 15 is 0 Å². The van der Waals surface area contributed by atoms with Crippen molar-refractivity contribution in [2.45, 2.75) is 19.4 Å². The number of hydrogen-bond donors (Lipinski definition) is 3. The van der Waals surface area contributed by atoms with Crippen LogP contribution in [0.15, 0.2) is 0 Å². The van der Waals surface area contributed by atoms with E-state index in [1.165, 1.54) is 11.3 Å². The molecule has 0 fully saturated rings. The molecule has 1 heterocycles. The van der Waals surface area contributed by atoms with Gasteiger partial charge in [-0.2, -0.15) is 0 Å². The van der Waals surface area contributed by atoms with Crippen LogP contribution in [0.3, 0.4) is 0 Å². The minimum atomic E-state index is -1.19. The van der Waals surface area contributed by atoms with E-state index < -0.39 is 18.0 Å². The summed E-state index contributed by atoms with van der Waals surface area (Å²) < 4.78 is 0. The van der Waals surface area contributed by atoms with Gasteiger partial charge in [0.1, 0.15) is 11.0 Å². The van der Waals surface area contributed by atoms with Gasteiger partial charge in [0.2, 0.25) is 5.13 Å². The maximum Gasteiger partial charge on any atom is 0.327 e. The van der Waals surface area contributed by atoms with Crippen molar-refractivity contribution in [3.8, 4) is 12.3 Å². The standard InChI is InChI=1S/C9H10N4O3S/c1-3-4-6(7(14)15)10-8(16)11-9-13-12-5(2)17-9/h1,6H,4H2,2H3,(H,14,15)(H2,10,11,13,16). The number of carbonyl (C=O) groups excluding carboxylic acids is 1. The van der Waals surface area contributed by atoms with Gasteiger partial charge in [-0.1, -0.05) is 11.3 Å². The van der Waals surface area contributed by atoms with Crippen LogP contribution in [0.1, 0.15) is 11.4 Å². The number of carboxylic acids is 1. The minimum absolute atomic E-state index is 0.0854. The Morgan fingerprint density at radius 3 is 2.76 bits per heavy atom. The first kappa shape index (κ1) is 12.9. The molecule has 1 unspecified atom stereocenters. The molecule has 0 aromatic carbocycles. The summed E-state index contributed by atoms with van der Waals surface area (Å²) in [5.41, 5.74) is 0. The van der Waals surface area contributed by atoms with Crippen molar-refractivity contribution in [3.63, 3.8) is 0 Å². The number of anilines is 1. The second-order valence-corrected chi connectivity index (χ2v) is 4.21. The molecule has 3 N–H and O–H groups in total. The summed E-state index contributed by atoms with van der Waals surface area (Å²) in [6, 6.07) is -1.79. The van der Waals surface area contributed by atoms with Gasteiger partial charge in [-0.3, -0.25) is 5.32 Å². The number of carbonyl (C=O) groups is 2. The third kappa shape index (κ3) is 4.08. The van der Waals surface area contributed by atoms with Gasteiger partial charge in [0.05, 0.1) is 0 Å². The number of aryl methyl sites for hydroxylation is 1. The van der Waals surface area contributed by atoms with Crippen LogP contribution in [0.25, 0.3) is 0 Å². The molecule has 0 saturated heterocycles. The minimum Gasteiger partial charge on any atom is -0.480 e. The number of aromatic nitrogens is 2. The van der Waals surface area contributed by atoms with Crippen molar-refractivity contribution < 1.29 is 14.7 Å².